The highest BCUT2D eigenvalue weighted by Crippen LogP contribution is 2.25. The molecular weight excluding hydrogens is 342 g/mol. The third-order valence-corrected chi connectivity index (χ3v) is 6.29. The fourth-order valence-corrected chi connectivity index (χ4v) is 4.57. The van der Waals surface area contributed by atoms with Crippen LogP contribution in [0, 0.1) is 0 Å². The maximum Gasteiger partial charge on any atom is 0.326 e. The molecule has 0 unspecified atom stereocenters. The van der Waals surface area contributed by atoms with Crippen LogP contribution in [0.5, 0.6) is 0 Å². The number of fused-ring (bicyclic) bond motifs is 2. The van der Waals surface area contributed by atoms with Gasteiger partial charge in [0.15, 0.2) is 0 Å². The number of rotatable bonds is 2. The van der Waals surface area contributed by atoms with Crippen molar-refractivity contribution < 1.29 is 8.42 Å². The Bertz CT molecular complexity index is 1190. The SMILES string of the molecule is O=c1[nH]c(=O)c2cc(S(=O)(=O)N3CCc4ccccc4C3)ccc2[nH]1. The first kappa shape index (κ1) is 15.8. The second kappa shape index (κ2) is 5.68. The van der Waals surface area contributed by atoms with Crippen molar-refractivity contribution in [2.45, 2.75) is 17.9 Å². The molecule has 0 aliphatic carbocycles. The lowest BCUT2D eigenvalue weighted by Gasteiger charge is -2.28. The van der Waals surface area contributed by atoms with Gasteiger partial charge in [-0.25, -0.2) is 13.2 Å². The largest absolute Gasteiger partial charge is 0.326 e. The van der Waals surface area contributed by atoms with Gasteiger partial charge in [0.25, 0.3) is 5.56 Å². The number of nitrogens with one attached hydrogen (secondary N) is 2. The number of nitrogens with zero attached hydrogens (tertiary/aromatic N) is 1. The Kier molecular flexibility index (Phi) is 3.59. The van der Waals surface area contributed by atoms with Crippen LogP contribution < -0.4 is 11.2 Å². The van der Waals surface area contributed by atoms with Crippen LogP contribution >= 0.6 is 0 Å². The lowest BCUT2D eigenvalue weighted by molar-refractivity contribution is 0.391. The van der Waals surface area contributed by atoms with Gasteiger partial charge >= 0.3 is 5.69 Å². The summed E-state index contributed by atoms with van der Waals surface area (Å²) in [4.78, 5) is 27.9. The molecule has 0 atom stereocenters. The van der Waals surface area contributed by atoms with Crippen molar-refractivity contribution >= 4 is 20.9 Å². The van der Waals surface area contributed by atoms with Crippen LogP contribution in [0.4, 0.5) is 0 Å². The van der Waals surface area contributed by atoms with E-state index in [1.807, 2.05) is 24.3 Å². The van der Waals surface area contributed by atoms with Crippen LogP contribution in [-0.2, 0) is 23.0 Å². The fraction of sp³-hybridized carbons (Fsp3) is 0.176. The molecule has 0 fully saturated rings. The summed E-state index contributed by atoms with van der Waals surface area (Å²) in [6.07, 6.45) is 0.650. The van der Waals surface area contributed by atoms with Gasteiger partial charge in [-0.05, 0) is 35.7 Å². The smallest absolute Gasteiger partial charge is 0.307 e. The second-order valence-corrected chi connectivity index (χ2v) is 7.91. The monoisotopic (exact) mass is 357 g/mol. The van der Waals surface area contributed by atoms with Crippen LogP contribution in [0.25, 0.3) is 10.9 Å². The Hall–Kier alpha value is -2.71. The quantitative estimate of drug-likeness (QED) is 0.713. The van der Waals surface area contributed by atoms with E-state index in [0.29, 0.717) is 25.0 Å². The molecule has 25 heavy (non-hydrogen) atoms. The van der Waals surface area contributed by atoms with Crippen LogP contribution in [0.3, 0.4) is 0 Å². The van der Waals surface area contributed by atoms with E-state index in [1.165, 1.54) is 22.5 Å². The molecule has 1 aliphatic rings. The topological polar surface area (TPSA) is 103 Å². The molecule has 1 aromatic heterocycles. The maximum absolute atomic E-state index is 13.0. The Morgan fingerprint density at radius 3 is 2.52 bits per heavy atom. The van der Waals surface area contributed by atoms with Crippen molar-refractivity contribution in [3.8, 4) is 0 Å². The van der Waals surface area contributed by atoms with E-state index in [-0.39, 0.29) is 10.3 Å². The van der Waals surface area contributed by atoms with E-state index in [2.05, 4.69) is 9.97 Å². The zero-order valence-electron chi connectivity index (χ0n) is 13.2. The normalized spacial score (nSPS) is 15.2. The van der Waals surface area contributed by atoms with Gasteiger partial charge in [0.2, 0.25) is 10.0 Å². The molecule has 3 aromatic rings. The van der Waals surface area contributed by atoms with Crippen molar-refractivity contribution in [2.75, 3.05) is 6.54 Å². The highest BCUT2D eigenvalue weighted by molar-refractivity contribution is 7.89. The molecule has 2 aromatic carbocycles. The van der Waals surface area contributed by atoms with Gasteiger partial charge in [0.05, 0.1) is 15.8 Å². The molecule has 0 spiro atoms. The van der Waals surface area contributed by atoms with Crippen molar-refractivity contribution in [2.24, 2.45) is 0 Å². The van der Waals surface area contributed by atoms with Crippen molar-refractivity contribution in [3.63, 3.8) is 0 Å². The van der Waals surface area contributed by atoms with E-state index in [4.69, 9.17) is 0 Å². The van der Waals surface area contributed by atoms with Gasteiger partial charge in [-0.15, -0.1) is 0 Å². The Balaban J connectivity index is 1.77. The van der Waals surface area contributed by atoms with E-state index in [0.717, 1.165) is 11.1 Å². The molecule has 0 amide bonds. The summed E-state index contributed by atoms with van der Waals surface area (Å²) in [6, 6.07) is 11.9. The van der Waals surface area contributed by atoms with Crippen molar-refractivity contribution in [1.29, 1.82) is 0 Å². The predicted octanol–water partition coefficient (Wildman–Crippen LogP) is 0.963. The Labute approximate surface area is 143 Å². The van der Waals surface area contributed by atoms with Gasteiger partial charge in [-0.1, -0.05) is 24.3 Å². The minimum absolute atomic E-state index is 0.0388. The number of aromatic amines is 2. The number of benzene rings is 2. The van der Waals surface area contributed by atoms with Crippen LogP contribution in [-0.4, -0.2) is 29.2 Å². The summed E-state index contributed by atoms with van der Waals surface area (Å²) in [7, 11) is -3.73. The number of hydrogen-bond donors (Lipinski definition) is 2. The van der Waals surface area contributed by atoms with Gasteiger partial charge in [-0.2, -0.15) is 4.31 Å². The van der Waals surface area contributed by atoms with Crippen molar-refractivity contribution in [1.82, 2.24) is 14.3 Å². The average molecular weight is 357 g/mol. The summed E-state index contributed by atoms with van der Waals surface area (Å²) in [5, 5.41) is 0.137. The number of sulfonamides is 1. The third kappa shape index (κ3) is 2.69. The van der Waals surface area contributed by atoms with E-state index < -0.39 is 21.3 Å². The fourth-order valence-electron chi connectivity index (χ4n) is 3.13. The predicted molar refractivity (Wildman–Crippen MR) is 92.9 cm³/mol. The number of aromatic nitrogens is 2. The Morgan fingerprint density at radius 1 is 0.960 bits per heavy atom. The number of H-pyrrole nitrogens is 2. The highest BCUT2D eigenvalue weighted by atomic mass is 32.2. The molecule has 1 aliphatic heterocycles. The minimum atomic E-state index is -3.73. The maximum atomic E-state index is 13.0. The first-order valence-electron chi connectivity index (χ1n) is 7.78. The summed E-state index contributed by atoms with van der Waals surface area (Å²) in [5.74, 6) is 0. The van der Waals surface area contributed by atoms with E-state index in [1.54, 1.807) is 0 Å². The molecule has 128 valence electrons. The molecule has 2 heterocycles. The van der Waals surface area contributed by atoms with E-state index >= 15 is 0 Å². The van der Waals surface area contributed by atoms with Gasteiger partial charge in [0, 0.05) is 13.1 Å². The molecule has 0 bridgehead atoms. The third-order valence-electron chi connectivity index (χ3n) is 4.44. The molecule has 0 radical (unpaired) electrons. The number of hydrogen-bond acceptors (Lipinski definition) is 4. The summed E-state index contributed by atoms with van der Waals surface area (Å²) >= 11 is 0. The second-order valence-electron chi connectivity index (χ2n) is 5.97. The van der Waals surface area contributed by atoms with Gasteiger partial charge in [0.1, 0.15) is 0 Å². The molecule has 2 N–H and O–H groups in total. The standard InChI is InChI=1S/C17H15N3O4S/c21-16-14-9-13(5-6-15(14)18-17(22)19-16)25(23,24)20-8-7-11-3-1-2-4-12(11)10-20/h1-6,9H,7-8,10H2,(H2,18,19,21,22). The highest BCUT2D eigenvalue weighted by Gasteiger charge is 2.28. The minimum Gasteiger partial charge on any atom is -0.307 e. The lowest BCUT2D eigenvalue weighted by atomic mass is 10.0. The molecular formula is C17H15N3O4S. The van der Waals surface area contributed by atoms with Crippen molar-refractivity contribution in [3.05, 3.63) is 74.4 Å². The van der Waals surface area contributed by atoms with Crippen LogP contribution in [0.1, 0.15) is 11.1 Å². The molecule has 0 saturated carbocycles. The zero-order chi connectivity index (χ0) is 17.6. The lowest BCUT2D eigenvalue weighted by Crippen LogP contribution is -2.36. The molecule has 0 saturated heterocycles. The van der Waals surface area contributed by atoms with Crippen LogP contribution in [0.15, 0.2) is 56.9 Å². The average Bonchev–Trinajstić information content (AvgIpc) is 2.60. The van der Waals surface area contributed by atoms with Gasteiger partial charge < -0.3 is 4.98 Å². The van der Waals surface area contributed by atoms with E-state index in [9.17, 15) is 18.0 Å². The Morgan fingerprint density at radius 2 is 1.72 bits per heavy atom. The summed E-state index contributed by atoms with van der Waals surface area (Å²) in [5.41, 5.74) is 1.21. The summed E-state index contributed by atoms with van der Waals surface area (Å²) < 4.78 is 27.3. The molecule has 8 heteroatoms. The first-order valence-corrected chi connectivity index (χ1v) is 9.22. The molecule has 7 nitrogen and oxygen atoms in total. The first-order chi connectivity index (χ1) is 11.9. The summed E-state index contributed by atoms with van der Waals surface area (Å²) in [6.45, 7) is 0.692. The zero-order valence-corrected chi connectivity index (χ0v) is 14.0. The molecule has 4 rings (SSSR count). The van der Waals surface area contributed by atoms with Gasteiger partial charge in [-0.3, -0.25) is 9.78 Å². The van der Waals surface area contributed by atoms with Crippen LogP contribution in [0.2, 0.25) is 0 Å².